The predicted molar refractivity (Wildman–Crippen MR) is 68.7 cm³/mol. The molecule has 0 aromatic carbocycles. The first-order chi connectivity index (χ1) is 9.43. The zero-order chi connectivity index (χ0) is 12.1. The molecule has 0 radical (unpaired) electrons. The van der Waals surface area contributed by atoms with E-state index < -0.39 is 0 Å². The van der Waals surface area contributed by atoms with Crippen molar-refractivity contribution in [3.63, 3.8) is 0 Å². The summed E-state index contributed by atoms with van der Waals surface area (Å²) in [5, 5.41) is 13.6. The van der Waals surface area contributed by atoms with Gasteiger partial charge in [0.25, 0.3) is 0 Å². The standard InChI is InChI=1S/C15H19N3O/c1-2-6-7(3-1)14-12-9-4-8(10-5-16-19-15(9)10)11(12)13(6)17-18-14/h5-15H,1-4H2. The van der Waals surface area contributed by atoms with Crippen LogP contribution in [0.4, 0.5) is 0 Å². The summed E-state index contributed by atoms with van der Waals surface area (Å²) >= 11 is 0. The van der Waals surface area contributed by atoms with E-state index in [-0.39, 0.29) is 0 Å². The molecule has 10 atom stereocenters. The smallest absolute Gasteiger partial charge is 0.138 e. The fourth-order valence-corrected chi connectivity index (χ4v) is 6.89. The molecule has 4 saturated carbocycles. The molecule has 3 heterocycles. The molecule has 0 aromatic rings. The SMILES string of the molecule is C1=NOC2C1C1CC2C2C3N=NC(C4CCCC43)C12. The van der Waals surface area contributed by atoms with Crippen LogP contribution in [-0.2, 0) is 4.84 Å². The molecule has 4 fully saturated rings. The Morgan fingerprint density at radius 1 is 0.895 bits per heavy atom. The minimum Gasteiger partial charge on any atom is -0.392 e. The van der Waals surface area contributed by atoms with Gasteiger partial charge in [-0.3, -0.25) is 0 Å². The van der Waals surface area contributed by atoms with Crippen molar-refractivity contribution >= 4 is 6.21 Å². The van der Waals surface area contributed by atoms with Crippen molar-refractivity contribution in [1.82, 2.24) is 0 Å². The van der Waals surface area contributed by atoms with E-state index >= 15 is 0 Å². The van der Waals surface area contributed by atoms with Crippen LogP contribution in [-0.4, -0.2) is 24.4 Å². The second-order valence-corrected chi connectivity index (χ2v) is 7.59. The van der Waals surface area contributed by atoms with E-state index in [4.69, 9.17) is 15.1 Å². The van der Waals surface area contributed by atoms with Crippen molar-refractivity contribution in [2.75, 3.05) is 0 Å². The third-order valence-corrected chi connectivity index (χ3v) is 7.31. The van der Waals surface area contributed by atoms with Crippen LogP contribution in [0.1, 0.15) is 25.7 Å². The second-order valence-electron chi connectivity index (χ2n) is 7.59. The number of nitrogens with zero attached hydrogens (tertiary/aromatic N) is 3. The van der Waals surface area contributed by atoms with E-state index in [1.807, 2.05) is 0 Å². The Labute approximate surface area is 112 Å². The van der Waals surface area contributed by atoms with Crippen molar-refractivity contribution in [2.24, 2.45) is 56.8 Å². The lowest BCUT2D eigenvalue weighted by molar-refractivity contribution is -0.0655. The second kappa shape index (κ2) is 3.04. The monoisotopic (exact) mass is 257 g/mol. The highest BCUT2D eigenvalue weighted by Crippen LogP contribution is 2.67. The van der Waals surface area contributed by atoms with E-state index in [1.165, 1.54) is 25.7 Å². The largest absolute Gasteiger partial charge is 0.392 e. The fraction of sp³-hybridized carbons (Fsp3) is 0.933. The first-order valence-electron chi connectivity index (χ1n) is 8.03. The predicted octanol–water partition coefficient (Wildman–Crippen LogP) is 2.50. The fourth-order valence-electron chi connectivity index (χ4n) is 6.89. The minimum absolute atomic E-state index is 0.389. The Bertz CT molecular complexity index is 504. The number of hydrogen-bond donors (Lipinski definition) is 0. The Kier molecular flexibility index (Phi) is 1.58. The molecule has 4 heteroatoms. The van der Waals surface area contributed by atoms with Gasteiger partial charge < -0.3 is 4.84 Å². The summed E-state index contributed by atoms with van der Waals surface area (Å²) in [6.07, 6.45) is 8.06. The van der Waals surface area contributed by atoms with Crippen LogP contribution in [0.15, 0.2) is 15.4 Å². The van der Waals surface area contributed by atoms with Crippen molar-refractivity contribution in [2.45, 2.75) is 43.9 Å². The van der Waals surface area contributed by atoms with Gasteiger partial charge in [-0.15, -0.1) is 0 Å². The van der Waals surface area contributed by atoms with Gasteiger partial charge in [0.1, 0.15) is 6.10 Å². The van der Waals surface area contributed by atoms with E-state index in [9.17, 15) is 0 Å². The Hall–Kier alpha value is -0.930. The molecule has 7 rings (SSSR count). The van der Waals surface area contributed by atoms with E-state index in [1.54, 1.807) is 0 Å². The lowest BCUT2D eigenvalue weighted by atomic mass is 9.56. The highest BCUT2D eigenvalue weighted by Gasteiger charge is 2.69. The van der Waals surface area contributed by atoms with Crippen molar-refractivity contribution < 1.29 is 4.84 Å². The molecule has 0 N–H and O–H groups in total. The molecule has 4 nitrogen and oxygen atoms in total. The average molecular weight is 257 g/mol. The summed E-state index contributed by atoms with van der Waals surface area (Å²) < 4.78 is 0. The normalized spacial score (nSPS) is 66.1. The summed E-state index contributed by atoms with van der Waals surface area (Å²) in [5.41, 5.74) is 0. The van der Waals surface area contributed by atoms with Gasteiger partial charge in [0.15, 0.2) is 0 Å². The molecule has 19 heavy (non-hydrogen) atoms. The van der Waals surface area contributed by atoms with Gasteiger partial charge in [0, 0.05) is 11.8 Å². The van der Waals surface area contributed by atoms with E-state index in [2.05, 4.69) is 11.4 Å². The molecule has 0 saturated heterocycles. The Balaban J connectivity index is 1.48. The first-order valence-corrected chi connectivity index (χ1v) is 8.03. The van der Waals surface area contributed by atoms with E-state index in [0.717, 1.165) is 35.5 Å². The van der Waals surface area contributed by atoms with Crippen molar-refractivity contribution in [3.8, 4) is 0 Å². The number of azo groups is 1. The number of rotatable bonds is 0. The maximum atomic E-state index is 5.68. The lowest BCUT2D eigenvalue weighted by Crippen LogP contribution is -2.57. The van der Waals surface area contributed by atoms with Gasteiger partial charge in [-0.25, -0.2) is 0 Å². The van der Waals surface area contributed by atoms with Crippen molar-refractivity contribution in [1.29, 1.82) is 0 Å². The first kappa shape index (κ1) is 9.89. The Morgan fingerprint density at radius 3 is 2.42 bits per heavy atom. The van der Waals surface area contributed by atoms with Gasteiger partial charge in [0.2, 0.25) is 0 Å². The topological polar surface area (TPSA) is 46.3 Å². The summed E-state index contributed by atoms with van der Waals surface area (Å²) in [6.45, 7) is 0. The van der Waals surface area contributed by atoms with Gasteiger partial charge in [-0.05, 0) is 48.9 Å². The molecule has 0 spiro atoms. The molecule has 3 aliphatic heterocycles. The van der Waals surface area contributed by atoms with Crippen molar-refractivity contribution in [3.05, 3.63) is 0 Å². The Morgan fingerprint density at radius 2 is 1.63 bits per heavy atom. The molecular weight excluding hydrogens is 238 g/mol. The van der Waals surface area contributed by atoms with Gasteiger partial charge >= 0.3 is 0 Å². The number of hydrogen-bond acceptors (Lipinski definition) is 4. The zero-order valence-corrected chi connectivity index (χ0v) is 10.9. The maximum Gasteiger partial charge on any atom is 0.138 e. The third-order valence-electron chi connectivity index (χ3n) is 7.31. The molecule has 100 valence electrons. The van der Waals surface area contributed by atoms with Gasteiger partial charge in [0.05, 0.1) is 18.3 Å². The minimum atomic E-state index is 0.389. The molecular formula is C15H19N3O. The highest BCUT2D eigenvalue weighted by atomic mass is 16.6. The summed E-state index contributed by atoms with van der Waals surface area (Å²) in [4.78, 5) is 5.68. The molecule has 4 bridgehead atoms. The number of fused-ring (bicyclic) bond motifs is 5. The highest BCUT2D eigenvalue weighted by molar-refractivity contribution is 5.64. The zero-order valence-electron chi connectivity index (χ0n) is 10.9. The third kappa shape index (κ3) is 0.944. The number of oxime groups is 1. The quantitative estimate of drug-likeness (QED) is 0.657. The van der Waals surface area contributed by atoms with Gasteiger partial charge in [-0.2, -0.15) is 10.2 Å². The van der Waals surface area contributed by atoms with Crippen LogP contribution in [0, 0.1) is 41.4 Å². The lowest BCUT2D eigenvalue weighted by Gasteiger charge is -2.52. The van der Waals surface area contributed by atoms with Crippen LogP contribution in [0.5, 0.6) is 0 Å². The van der Waals surface area contributed by atoms with Crippen LogP contribution >= 0.6 is 0 Å². The van der Waals surface area contributed by atoms with E-state index in [0.29, 0.717) is 24.1 Å². The summed E-state index contributed by atoms with van der Waals surface area (Å²) in [6, 6.07) is 1.08. The van der Waals surface area contributed by atoms with Gasteiger partial charge in [-0.1, -0.05) is 11.6 Å². The van der Waals surface area contributed by atoms with Crippen LogP contribution in [0.25, 0.3) is 0 Å². The summed E-state index contributed by atoms with van der Waals surface area (Å²) in [7, 11) is 0. The summed E-state index contributed by atoms with van der Waals surface area (Å²) in [5.74, 6) is 5.40. The average Bonchev–Trinajstić information content (AvgIpc) is 3.20. The van der Waals surface area contributed by atoms with Crippen LogP contribution in [0.3, 0.4) is 0 Å². The van der Waals surface area contributed by atoms with Crippen LogP contribution in [0.2, 0.25) is 0 Å². The molecule has 0 amide bonds. The maximum absolute atomic E-state index is 5.68. The molecule has 0 aromatic heterocycles. The molecule has 4 aliphatic carbocycles. The van der Waals surface area contributed by atoms with Crippen LogP contribution < -0.4 is 0 Å². The molecule has 7 aliphatic rings. The molecule has 10 unspecified atom stereocenters.